The summed E-state index contributed by atoms with van der Waals surface area (Å²) in [6, 6.07) is -0.851. The summed E-state index contributed by atoms with van der Waals surface area (Å²) in [5.74, 6) is -0.215. The van der Waals surface area contributed by atoms with Crippen molar-refractivity contribution < 1.29 is 39.8 Å². The molecule has 1 saturated heterocycles. The van der Waals surface area contributed by atoms with Crippen LogP contribution >= 0.6 is 0 Å². The first-order valence-corrected chi connectivity index (χ1v) is 38.9. The van der Waals surface area contributed by atoms with Gasteiger partial charge in [-0.25, -0.2) is 0 Å². The Balaban J connectivity index is 2.18. The van der Waals surface area contributed by atoms with E-state index in [1.807, 2.05) is 6.08 Å². The first kappa shape index (κ1) is 88.6. The van der Waals surface area contributed by atoms with Crippen LogP contribution in [0.4, 0.5) is 0 Å². The summed E-state index contributed by atoms with van der Waals surface area (Å²) < 4.78 is 11.3. The van der Waals surface area contributed by atoms with E-state index in [0.29, 0.717) is 12.8 Å². The van der Waals surface area contributed by atoms with Gasteiger partial charge in [-0.3, -0.25) is 4.79 Å². The molecule has 1 rings (SSSR count). The number of aliphatic hydroxyl groups excluding tert-OH is 5. The molecule has 0 aliphatic carbocycles. The second kappa shape index (κ2) is 72.3. The lowest BCUT2D eigenvalue weighted by atomic mass is 9.99. The molecule has 0 aromatic heterocycles. The minimum Gasteiger partial charge on any atom is -0.394 e. The van der Waals surface area contributed by atoms with Crippen molar-refractivity contribution in [1.29, 1.82) is 0 Å². The van der Waals surface area contributed by atoms with Crippen LogP contribution in [0.15, 0.2) is 170 Å². The maximum Gasteiger partial charge on any atom is 0.220 e. The summed E-state index contributed by atoms with van der Waals surface area (Å²) in [5, 5.41) is 54.8. The molecule has 0 bridgehead atoms. The largest absolute Gasteiger partial charge is 0.394 e. The highest BCUT2D eigenvalue weighted by Crippen LogP contribution is 2.23. The average molecular weight is 1320 g/mol. The Morgan fingerprint density at radius 1 is 0.368 bits per heavy atom. The smallest absolute Gasteiger partial charge is 0.220 e. The van der Waals surface area contributed by atoms with Crippen molar-refractivity contribution in [2.45, 2.75) is 352 Å². The van der Waals surface area contributed by atoms with Crippen molar-refractivity contribution in [3.8, 4) is 0 Å². The molecule has 9 nitrogen and oxygen atoms in total. The highest BCUT2D eigenvalue weighted by Gasteiger charge is 2.44. The standard InChI is InChI=1S/C86H143NO8/c1-3-5-7-9-11-13-15-17-19-21-23-25-27-29-31-33-35-36-37-38-39-40-41-42-43-44-46-48-50-52-54-56-58-60-62-64-66-68-70-72-74-76-82(90)87-79(78-94-86-85(93)84(92)83(91)81(77-88)95-86)80(89)75-73-71-69-67-65-63-61-59-57-55-53-51-49-47-45-34-32-30-28-26-24-22-20-18-16-14-12-10-8-6-4-2/h5,7,11,13,17,19,23,25,29,31,35-36,38-39,41-42,44,46,50,52,56,58,62,64-65,67,73,75,79-81,83-86,88-89,91-93H,3-4,6,8-10,12,14-16,18,20-22,24,26-28,30,32-34,37,40,43,45,47-49,51,53-55,57,59-61,63,66,68-72,74,76-78H2,1-2H3,(H,87,90)/b7-5-,13-11-,19-17-,25-23-,31-29-,36-35-,39-38-,42-41-,46-44-,52-50-,58-56-,64-62-,67-65+,75-73+. The number of rotatable bonds is 66. The monoisotopic (exact) mass is 1320 g/mol. The fraction of sp³-hybridized carbons (Fsp3) is 0.663. The number of carbonyl (C=O) groups is 1. The highest BCUT2D eigenvalue weighted by atomic mass is 16.7. The predicted molar refractivity (Wildman–Crippen MR) is 409 cm³/mol. The Bertz CT molecular complexity index is 2120. The predicted octanol–water partition coefficient (Wildman–Crippen LogP) is 22.4. The van der Waals surface area contributed by atoms with Crippen LogP contribution in [0.5, 0.6) is 0 Å². The molecule has 6 N–H and O–H groups in total. The van der Waals surface area contributed by atoms with Gasteiger partial charge in [-0.15, -0.1) is 0 Å². The number of hydrogen-bond acceptors (Lipinski definition) is 8. The number of hydrogen-bond donors (Lipinski definition) is 6. The summed E-state index contributed by atoms with van der Waals surface area (Å²) in [5.41, 5.74) is 0. The first-order valence-electron chi connectivity index (χ1n) is 38.9. The van der Waals surface area contributed by atoms with Gasteiger partial charge >= 0.3 is 0 Å². The number of carbonyl (C=O) groups excluding carboxylic acids is 1. The number of aliphatic hydroxyl groups is 5. The minimum atomic E-state index is -1.59. The summed E-state index contributed by atoms with van der Waals surface area (Å²) >= 11 is 0. The van der Waals surface area contributed by atoms with Crippen molar-refractivity contribution in [2.75, 3.05) is 13.2 Å². The third kappa shape index (κ3) is 60.5. The van der Waals surface area contributed by atoms with E-state index in [0.717, 1.165) is 122 Å². The van der Waals surface area contributed by atoms with Gasteiger partial charge < -0.3 is 40.3 Å². The van der Waals surface area contributed by atoms with E-state index in [1.165, 1.54) is 161 Å². The molecule has 0 aromatic carbocycles. The molecule has 0 radical (unpaired) electrons. The van der Waals surface area contributed by atoms with Crippen molar-refractivity contribution >= 4 is 5.91 Å². The molecule has 1 fully saturated rings. The Morgan fingerprint density at radius 3 is 1.01 bits per heavy atom. The van der Waals surface area contributed by atoms with Gasteiger partial charge in [0, 0.05) is 6.42 Å². The molecule has 1 amide bonds. The number of allylic oxidation sites excluding steroid dienone is 27. The minimum absolute atomic E-state index is 0.215. The van der Waals surface area contributed by atoms with Crippen LogP contribution < -0.4 is 5.32 Å². The fourth-order valence-electron chi connectivity index (χ4n) is 11.3. The third-order valence-corrected chi connectivity index (χ3v) is 17.3. The zero-order valence-electron chi connectivity index (χ0n) is 60.6. The van der Waals surface area contributed by atoms with E-state index in [-0.39, 0.29) is 12.5 Å². The Morgan fingerprint density at radius 2 is 0.663 bits per heavy atom. The van der Waals surface area contributed by atoms with Crippen molar-refractivity contribution in [1.82, 2.24) is 5.32 Å². The molecule has 7 atom stereocenters. The Hall–Kier alpha value is -4.45. The van der Waals surface area contributed by atoms with E-state index < -0.39 is 49.5 Å². The molecule has 0 aromatic rings. The number of amides is 1. The lowest BCUT2D eigenvalue weighted by Crippen LogP contribution is -2.60. The summed E-state index contributed by atoms with van der Waals surface area (Å²) in [4.78, 5) is 13.1. The zero-order chi connectivity index (χ0) is 68.5. The van der Waals surface area contributed by atoms with E-state index in [1.54, 1.807) is 6.08 Å². The molecular formula is C86H143NO8. The molecular weight excluding hydrogens is 1170 g/mol. The van der Waals surface area contributed by atoms with Crippen molar-refractivity contribution in [3.05, 3.63) is 170 Å². The molecule has 9 heteroatoms. The lowest BCUT2D eigenvalue weighted by Gasteiger charge is -2.40. The van der Waals surface area contributed by atoms with Gasteiger partial charge in [0.1, 0.15) is 24.4 Å². The van der Waals surface area contributed by atoms with E-state index in [9.17, 15) is 30.3 Å². The van der Waals surface area contributed by atoms with Crippen LogP contribution in [0, 0.1) is 0 Å². The summed E-state index contributed by atoms with van der Waals surface area (Å²) in [6.07, 6.45) is 108. The van der Waals surface area contributed by atoms with Crippen LogP contribution in [0.25, 0.3) is 0 Å². The SMILES string of the molecule is CC/C=C\C/C=C\C/C=C\C/C=C\C/C=C\C/C=C\C/C=C\C/C=C\C/C=C\C/C=C\C/C=C\C/C=C\CCCCCCC(=O)NC(COC1OC(CO)C(O)C(O)C1O)C(O)/C=C/CC/C=C/CCCCCCCCCCCCCCCCCCCCCCCCCCC. The highest BCUT2D eigenvalue weighted by molar-refractivity contribution is 5.76. The maximum atomic E-state index is 13.1. The normalized spacial score (nSPS) is 18.5. The van der Waals surface area contributed by atoms with Crippen LogP contribution in [0.2, 0.25) is 0 Å². The van der Waals surface area contributed by atoms with Crippen LogP contribution in [0.1, 0.15) is 309 Å². The van der Waals surface area contributed by atoms with Gasteiger partial charge in [-0.2, -0.15) is 0 Å². The number of ether oxygens (including phenoxy) is 2. The molecule has 1 aliphatic rings. The van der Waals surface area contributed by atoms with Gasteiger partial charge in [-0.1, -0.05) is 351 Å². The Labute approximate surface area is 583 Å². The van der Waals surface area contributed by atoms with Gasteiger partial charge in [0.15, 0.2) is 6.29 Å². The lowest BCUT2D eigenvalue weighted by molar-refractivity contribution is -0.302. The summed E-state index contributed by atoms with van der Waals surface area (Å²) in [6.45, 7) is 3.65. The molecule has 540 valence electrons. The maximum absolute atomic E-state index is 13.1. The van der Waals surface area contributed by atoms with Crippen LogP contribution in [-0.2, 0) is 14.3 Å². The summed E-state index contributed by atoms with van der Waals surface area (Å²) in [7, 11) is 0. The second-order valence-corrected chi connectivity index (χ2v) is 26.1. The van der Waals surface area contributed by atoms with E-state index >= 15 is 0 Å². The average Bonchev–Trinajstić information content (AvgIpc) is 0.836. The molecule has 7 unspecified atom stereocenters. The van der Waals surface area contributed by atoms with Crippen LogP contribution in [0.3, 0.4) is 0 Å². The fourth-order valence-corrected chi connectivity index (χ4v) is 11.3. The Kier molecular flexibility index (Phi) is 67.4. The van der Waals surface area contributed by atoms with E-state index in [2.05, 4.69) is 177 Å². The van der Waals surface area contributed by atoms with Gasteiger partial charge in [0.25, 0.3) is 0 Å². The van der Waals surface area contributed by atoms with Gasteiger partial charge in [0.05, 0.1) is 25.4 Å². The van der Waals surface area contributed by atoms with Crippen molar-refractivity contribution in [2.24, 2.45) is 0 Å². The second-order valence-electron chi connectivity index (χ2n) is 26.1. The number of unbranched alkanes of at least 4 members (excludes halogenated alkanes) is 30. The van der Waals surface area contributed by atoms with Gasteiger partial charge in [0.2, 0.25) is 5.91 Å². The topological polar surface area (TPSA) is 149 Å². The zero-order valence-corrected chi connectivity index (χ0v) is 60.6. The molecule has 95 heavy (non-hydrogen) atoms. The van der Waals surface area contributed by atoms with E-state index in [4.69, 9.17) is 9.47 Å². The molecule has 0 saturated carbocycles. The van der Waals surface area contributed by atoms with Gasteiger partial charge in [-0.05, 0) is 122 Å². The molecule has 0 spiro atoms. The van der Waals surface area contributed by atoms with Crippen molar-refractivity contribution in [3.63, 3.8) is 0 Å². The quantitative estimate of drug-likeness (QED) is 0.0261. The molecule has 1 heterocycles. The third-order valence-electron chi connectivity index (χ3n) is 17.3. The number of nitrogens with one attached hydrogen (secondary N) is 1. The molecule has 1 aliphatic heterocycles. The first-order chi connectivity index (χ1) is 46.8. The van der Waals surface area contributed by atoms with Crippen LogP contribution in [-0.4, -0.2) is 87.5 Å².